The Balaban J connectivity index is 1.21. The van der Waals surface area contributed by atoms with Crippen molar-refractivity contribution < 1.29 is 4.79 Å². The van der Waals surface area contributed by atoms with Crippen molar-refractivity contribution >= 4 is 6.03 Å². The highest BCUT2D eigenvalue weighted by Gasteiger charge is 2.27. The van der Waals surface area contributed by atoms with Crippen LogP contribution in [0.4, 0.5) is 4.79 Å². The van der Waals surface area contributed by atoms with E-state index in [0.29, 0.717) is 13.1 Å². The van der Waals surface area contributed by atoms with Crippen LogP contribution < -0.4 is 5.32 Å². The minimum Gasteiger partial charge on any atom is -0.338 e. The number of likely N-dealkylation sites (tertiary alicyclic amines) is 1. The van der Waals surface area contributed by atoms with Gasteiger partial charge in [0.15, 0.2) is 0 Å². The fraction of sp³-hybridized carbons (Fsp3) is 0.571. The molecule has 27 heavy (non-hydrogen) atoms. The van der Waals surface area contributed by atoms with E-state index in [1.807, 2.05) is 9.58 Å². The van der Waals surface area contributed by atoms with E-state index in [1.165, 1.54) is 43.2 Å². The second-order valence-electron chi connectivity index (χ2n) is 7.82. The van der Waals surface area contributed by atoms with Crippen LogP contribution in [0.3, 0.4) is 0 Å². The molecule has 1 saturated heterocycles. The molecule has 0 radical (unpaired) electrons. The number of benzene rings is 1. The summed E-state index contributed by atoms with van der Waals surface area (Å²) in [5.41, 5.74) is 2.77. The second kappa shape index (κ2) is 8.55. The van der Waals surface area contributed by atoms with Gasteiger partial charge < -0.3 is 10.2 Å². The van der Waals surface area contributed by atoms with Crippen LogP contribution in [0, 0.1) is 0 Å². The van der Waals surface area contributed by atoms with Gasteiger partial charge in [0.1, 0.15) is 12.7 Å². The zero-order valence-electron chi connectivity index (χ0n) is 15.9. The van der Waals surface area contributed by atoms with E-state index in [1.54, 1.807) is 12.7 Å². The highest BCUT2D eigenvalue weighted by atomic mass is 16.2. The fourth-order valence-corrected chi connectivity index (χ4v) is 4.37. The molecule has 2 fully saturated rings. The zero-order valence-corrected chi connectivity index (χ0v) is 15.9. The van der Waals surface area contributed by atoms with E-state index < -0.39 is 0 Å². The van der Waals surface area contributed by atoms with Gasteiger partial charge in [0.25, 0.3) is 0 Å². The number of rotatable bonds is 5. The molecule has 6 heteroatoms. The van der Waals surface area contributed by atoms with Crippen molar-refractivity contribution in [2.45, 2.75) is 56.9 Å². The average Bonchev–Trinajstić information content (AvgIpc) is 3.41. The molecule has 0 bridgehead atoms. The molecule has 2 amide bonds. The van der Waals surface area contributed by atoms with Crippen LogP contribution in [-0.4, -0.2) is 45.3 Å². The van der Waals surface area contributed by atoms with Gasteiger partial charge in [0.05, 0.1) is 6.04 Å². The summed E-state index contributed by atoms with van der Waals surface area (Å²) in [4.78, 5) is 18.2. The fourth-order valence-electron chi connectivity index (χ4n) is 4.37. The quantitative estimate of drug-likeness (QED) is 0.879. The predicted molar refractivity (Wildman–Crippen MR) is 105 cm³/mol. The monoisotopic (exact) mass is 367 g/mol. The van der Waals surface area contributed by atoms with E-state index in [-0.39, 0.29) is 12.1 Å². The number of urea groups is 1. The molecular weight excluding hydrogens is 338 g/mol. The first-order valence-corrected chi connectivity index (χ1v) is 10.3. The van der Waals surface area contributed by atoms with Crippen LogP contribution in [0.5, 0.6) is 0 Å². The Bertz CT molecular complexity index is 722. The lowest BCUT2D eigenvalue weighted by Crippen LogP contribution is -2.39. The molecule has 4 rings (SSSR count). The zero-order chi connectivity index (χ0) is 18.5. The maximum atomic E-state index is 12.4. The van der Waals surface area contributed by atoms with Gasteiger partial charge in [-0.05, 0) is 42.7 Å². The van der Waals surface area contributed by atoms with Gasteiger partial charge in [-0.15, -0.1) is 0 Å². The summed E-state index contributed by atoms with van der Waals surface area (Å²) in [7, 11) is 0. The lowest BCUT2D eigenvalue weighted by molar-refractivity contribution is 0.207. The maximum Gasteiger partial charge on any atom is 0.317 e. The van der Waals surface area contributed by atoms with Gasteiger partial charge in [0.2, 0.25) is 0 Å². The first-order valence-electron chi connectivity index (χ1n) is 10.3. The number of hydrogen-bond donors (Lipinski definition) is 1. The summed E-state index contributed by atoms with van der Waals surface area (Å²) in [6, 6.07) is 9.30. The Morgan fingerprint density at radius 3 is 2.67 bits per heavy atom. The number of nitrogens with zero attached hydrogens (tertiary/aromatic N) is 4. The standard InChI is InChI=1S/C21H29N5O/c27-21(25-13-11-20(14-25)26-16-22-15-24-26)23-12-10-17-6-8-19(9-7-17)18-4-2-1-3-5-18/h6-9,15-16,18,20H,1-5,10-14H2,(H,23,27). The Labute approximate surface area is 161 Å². The van der Waals surface area contributed by atoms with Crippen molar-refractivity contribution in [2.75, 3.05) is 19.6 Å². The van der Waals surface area contributed by atoms with Crippen LogP contribution in [0.1, 0.15) is 61.6 Å². The number of amides is 2. The third kappa shape index (κ3) is 4.49. The summed E-state index contributed by atoms with van der Waals surface area (Å²) in [6.07, 6.45) is 11.9. The molecule has 2 aliphatic rings. The summed E-state index contributed by atoms with van der Waals surface area (Å²) >= 11 is 0. The van der Waals surface area contributed by atoms with Gasteiger partial charge in [-0.3, -0.25) is 0 Å². The van der Waals surface area contributed by atoms with Crippen molar-refractivity contribution in [3.05, 3.63) is 48.0 Å². The summed E-state index contributed by atoms with van der Waals surface area (Å²) in [5, 5.41) is 7.24. The molecule has 1 aliphatic heterocycles. The lowest BCUT2D eigenvalue weighted by atomic mass is 9.84. The molecule has 1 N–H and O–H groups in total. The van der Waals surface area contributed by atoms with E-state index in [0.717, 1.165) is 25.3 Å². The number of carbonyl (C=O) groups excluding carboxylic acids is 1. The highest BCUT2D eigenvalue weighted by molar-refractivity contribution is 5.74. The van der Waals surface area contributed by atoms with Crippen LogP contribution in [0.15, 0.2) is 36.9 Å². The van der Waals surface area contributed by atoms with E-state index in [2.05, 4.69) is 39.7 Å². The normalized spacial score (nSPS) is 20.7. The predicted octanol–water partition coefficient (Wildman–Crippen LogP) is 3.52. The van der Waals surface area contributed by atoms with Gasteiger partial charge in [-0.1, -0.05) is 43.5 Å². The van der Waals surface area contributed by atoms with Crippen molar-refractivity contribution in [2.24, 2.45) is 0 Å². The third-order valence-electron chi connectivity index (χ3n) is 6.01. The third-order valence-corrected chi connectivity index (χ3v) is 6.01. The molecule has 1 atom stereocenters. The highest BCUT2D eigenvalue weighted by Crippen LogP contribution is 2.32. The molecule has 1 aromatic carbocycles. The number of carbonyl (C=O) groups is 1. The minimum atomic E-state index is 0.0245. The molecule has 1 aliphatic carbocycles. The lowest BCUT2D eigenvalue weighted by Gasteiger charge is -2.22. The summed E-state index contributed by atoms with van der Waals surface area (Å²) < 4.78 is 1.85. The molecule has 1 unspecified atom stereocenters. The van der Waals surface area contributed by atoms with Crippen LogP contribution >= 0.6 is 0 Å². The van der Waals surface area contributed by atoms with Crippen LogP contribution in [-0.2, 0) is 6.42 Å². The van der Waals surface area contributed by atoms with Gasteiger partial charge in [-0.2, -0.15) is 5.10 Å². The van der Waals surface area contributed by atoms with Crippen molar-refractivity contribution in [3.8, 4) is 0 Å². The molecule has 1 saturated carbocycles. The van der Waals surface area contributed by atoms with Crippen LogP contribution in [0.25, 0.3) is 0 Å². The Kier molecular flexibility index (Phi) is 5.70. The van der Waals surface area contributed by atoms with Crippen LogP contribution in [0.2, 0.25) is 0 Å². The smallest absolute Gasteiger partial charge is 0.317 e. The van der Waals surface area contributed by atoms with E-state index >= 15 is 0 Å². The maximum absolute atomic E-state index is 12.4. The second-order valence-corrected chi connectivity index (χ2v) is 7.82. The summed E-state index contributed by atoms with van der Waals surface area (Å²) in [5.74, 6) is 0.751. The molecule has 2 heterocycles. The summed E-state index contributed by atoms with van der Waals surface area (Å²) in [6.45, 7) is 2.14. The van der Waals surface area contributed by atoms with Gasteiger partial charge in [-0.25, -0.2) is 14.5 Å². The Morgan fingerprint density at radius 1 is 1.11 bits per heavy atom. The molecule has 1 aromatic heterocycles. The van der Waals surface area contributed by atoms with Crippen molar-refractivity contribution in [1.82, 2.24) is 25.0 Å². The topological polar surface area (TPSA) is 63.1 Å². The minimum absolute atomic E-state index is 0.0245. The first-order chi connectivity index (χ1) is 13.3. The van der Waals surface area contributed by atoms with Crippen molar-refractivity contribution in [3.63, 3.8) is 0 Å². The molecule has 0 spiro atoms. The van der Waals surface area contributed by atoms with Crippen molar-refractivity contribution in [1.29, 1.82) is 0 Å². The molecule has 6 nitrogen and oxygen atoms in total. The largest absolute Gasteiger partial charge is 0.338 e. The molecule has 144 valence electrons. The van der Waals surface area contributed by atoms with Gasteiger partial charge in [0, 0.05) is 19.6 Å². The molecule has 2 aromatic rings. The first kappa shape index (κ1) is 18.0. The number of hydrogen-bond acceptors (Lipinski definition) is 3. The number of nitrogens with one attached hydrogen (secondary N) is 1. The number of aromatic nitrogens is 3. The SMILES string of the molecule is O=C(NCCc1ccc(C2CCCCC2)cc1)N1CCC(n2cncn2)C1. The Morgan fingerprint density at radius 2 is 1.93 bits per heavy atom. The average molecular weight is 367 g/mol. The van der Waals surface area contributed by atoms with E-state index in [4.69, 9.17) is 0 Å². The van der Waals surface area contributed by atoms with E-state index in [9.17, 15) is 4.79 Å². The van der Waals surface area contributed by atoms with Gasteiger partial charge >= 0.3 is 6.03 Å². The Hall–Kier alpha value is -2.37. The molecular formula is C21H29N5O.